The minimum absolute atomic E-state index is 0.00227. The number of likely N-dealkylation sites (N-methyl/N-ethyl adjacent to an activating group) is 1. The summed E-state index contributed by atoms with van der Waals surface area (Å²) in [6.45, 7) is 4.86. The van der Waals surface area contributed by atoms with Crippen molar-refractivity contribution >= 4 is 5.91 Å². The van der Waals surface area contributed by atoms with Crippen molar-refractivity contribution in [1.82, 2.24) is 10.2 Å². The lowest BCUT2D eigenvalue weighted by atomic mass is 10.2. The van der Waals surface area contributed by atoms with E-state index in [0.717, 1.165) is 6.54 Å². The molecule has 0 aromatic heterocycles. The second-order valence-corrected chi connectivity index (χ2v) is 3.16. The SMILES string of the molecule is C#CCN1CCOCC1C(=O)NCC. The highest BCUT2D eigenvalue weighted by Crippen LogP contribution is 2.05. The molecule has 78 valence electrons. The number of ether oxygens (including phenoxy) is 1. The Hall–Kier alpha value is -1.05. The Morgan fingerprint density at radius 2 is 2.57 bits per heavy atom. The molecule has 4 heteroatoms. The summed E-state index contributed by atoms with van der Waals surface area (Å²) in [5.41, 5.74) is 0. The summed E-state index contributed by atoms with van der Waals surface area (Å²) in [4.78, 5) is 13.5. The maximum absolute atomic E-state index is 11.6. The monoisotopic (exact) mass is 196 g/mol. The number of terminal acetylenes is 1. The Morgan fingerprint density at radius 3 is 3.21 bits per heavy atom. The van der Waals surface area contributed by atoms with Crippen LogP contribution in [0.25, 0.3) is 0 Å². The number of nitrogens with one attached hydrogen (secondary N) is 1. The van der Waals surface area contributed by atoms with E-state index in [4.69, 9.17) is 11.2 Å². The number of hydrogen-bond acceptors (Lipinski definition) is 3. The zero-order valence-electron chi connectivity index (χ0n) is 8.45. The fraction of sp³-hybridized carbons (Fsp3) is 0.700. The van der Waals surface area contributed by atoms with Gasteiger partial charge in [0.15, 0.2) is 0 Å². The molecule has 0 bridgehead atoms. The molecule has 4 nitrogen and oxygen atoms in total. The third-order valence-corrected chi connectivity index (χ3v) is 2.19. The minimum Gasteiger partial charge on any atom is -0.378 e. The fourth-order valence-corrected chi connectivity index (χ4v) is 1.48. The van der Waals surface area contributed by atoms with Gasteiger partial charge in [-0.05, 0) is 6.92 Å². The quantitative estimate of drug-likeness (QED) is 0.616. The van der Waals surface area contributed by atoms with E-state index >= 15 is 0 Å². The van der Waals surface area contributed by atoms with E-state index in [-0.39, 0.29) is 11.9 Å². The van der Waals surface area contributed by atoms with Crippen LogP contribution in [-0.2, 0) is 9.53 Å². The summed E-state index contributed by atoms with van der Waals surface area (Å²) < 4.78 is 5.26. The number of hydrogen-bond donors (Lipinski definition) is 1. The van der Waals surface area contributed by atoms with E-state index in [0.29, 0.717) is 26.3 Å². The van der Waals surface area contributed by atoms with Gasteiger partial charge in [-0.2, -0.15) is 0 Å². The lowest BCUT2D eigenvalue weighted by molar-refractivity contribution is -0.131. The summed E-state index contributed by atoms with van der Waals surface area (Å²) in [5.74, 6) is 2.56. The predicted octanol–water partition coefficient (Wildman–Crippen LogP) is -0.543. The molecule has 14 heavy (non-hydrogen) atoms. The van der Waals surface area contributed by atoms with E-state index < -0.39 is 0 Å². The maximum atomic E-state index is 11.6. The largest absolute Gasteiger partial charge is 0.378 e. The first-order valence-electron chi connectivity index (χ1n) is 4.82. The average molecular weight is 196 g/mol. The third-order valence-electron chi connectivity index (χ3n) is 2.19. The summed E-state index contributed by atoms with van der Waals surface area (Å²) in [5, 5.41) is 2.77. The molecule has 0 saturated carbocycles. The van der Waals surface area contributed by atoms with E-state index in [9.17, 15) is 4.79 Å². The number of carbonyl (C=O) groups is 1. The molecule has 1 aliphatic heterocycles. The van der Waals surface area contributed by atoms with Crippen LogP contribution in [0.15, 0.2) is 0 Å². The first kappa shape index (κ1) is 11.0. The molecule has 1 fully saturated rings. The molecule has 0 spiro atoms. The molecule has 1 N–H and O–H groups in total. The van der Waals surface area contributed by atoms with Crippen molar-refractivity contribution in [2.75, 3.05) is 32.8 Å². The van der Waals surface area contributed by atoms with Crippen LogP contribution in [0.5, 0.6) is 0 Å². The molecule has 1 unspecified atom stereocenters. The second-order valence-electron chi connectivity index (χ2n) is 3.16. The highest BCUT2D eigenvalue weighted by molar-refractivity contribution is 5.82. The summed E-state index contributed by atoms with van der Waals surface area (Å²) in [6.07, 6.45) is 5.23. The van der Waals surface area contributed by atoms with Crippen LogP contribution >= 0.6 is 0 Å². The maximum Gasteiger partial charge on any atom is 0.239 e. The van der Waals surface area contributed by atoms with Crippen molar-refractivity contribution in [3.8, 4) is 12.3 Å². The Bertz CT molecular complexity index is 235. The molecule has 0 aromatic rings. The van der Waals surface area contributed by atoms with E-state index in [1.165, 1.54) is 0 Å². The van der Waals surface area contributed by atoms with Gasteiger partial charge in [-0.15, -0.1) is 6.42 Å². The number of amides is 1. The van der Waals surface area contributed by atoms with Gasteiger partial charge >= 0.3 is 0 Å². The smallest absolute Gasteiger partial charge is 0.239 e. The minimum atomic E-state index is -0.222. The van der Waals surface area contributed by atoms with Gasteiger partial charge in [0.2, 0.25) is 5.91 Å². The van der Waals surface area contributed by atoms with E-state index in [1.54, 1.807) is 0 Å². The summed E-state index contributed by atoms with van der Waals surface area (Å²) >= 11 is 0. The topological polar surface area (TPSA) is 41.6 Å². The van der Waals surface area contributed by atoms with Crippen LogP contribution in [0.4, 0.5) is 0 Å². The van der Waals surface area contributed by atoms with Gasteiger partial charge in [0, 0.05) is 13.1 Å². The summed E-state index contributed by atoms with van der Waals surface area (Å²) in [7, 11) is 0. The van der Waals surface area contributed by atoms with Crippen molar-refractivity contribution in [1.29, 1.82) is 0 Å². The first-order valence-corrected chi connectivity index (χ1v) is 4.82. The lowest BCUT2D eigenvalue weighted by Crippen LogP contribution is -2.53. The lowest BCUT2D eigenvalue weighted by Gasteiger charge is -2.32. The number of carbonyl (C=O) groups excluding carboxylic acids is 1. The van der Waals surface area contributed by atoms with E-state index in [2.05, 4.69) is 11.2 Å². The molecule has 0 radical (unpaired) electrons. The van der Waals surface area contributed by atoms with Gasteiger partial charge in [-0.25, -0.2) is 0 Å². The third kappa shape index (κ3) is 2.72. The van der Waals surface area contributed by atoms with Gasteiger partial charge in [-0.3, -0.25) is 9.69 Å². The average Bonchev–Trinajstić information content (AvgIpc) is 2.19. The van der Waals surface area contributed by atoms with Crippen LogP contribution in [0.1, 0.15) is 6.92 Å². The van der Waals surface area contributed by atoms with Crippen LogP contribution < -0.4 is 5.32 Å². The molecule has 1 rings (SSSR count). The molecular formula is C10H16N2O2. The Morgan fingerprint density at radius 1 is 1.79 bits per heavy atom. The molecule has 1 amide bonds. The highest BCUT2D eigenvalue weighted by Gasteiger charge is 2.28. The number of rotatable bonds is 3. The van der Waals surface area contributed by atoms with Crippen LogP contribution in [0, 0.1) is 12.3 Å². The van der Waals surface area contributed by atoms with Crippen molar-refractivity contribution in [2.24, 2.45) is 0 Å². The molecule has 0 aromatic carbocycles. The molecule has 1 aliphatic rings. The van der Waals surface area contributed by atoms with E-state index in [1.807, 2.05) is 11.8 Å². The standard InChI is InChI=1S/C10H16N2O2/c1-3-5-12-6-7-14-8-9(12)10(13)11-4-2/h1,9H,4-8H2,2H3,(H,11,13). The molecule has 0 aliphatic carbocycles. The Labute approximate surface area is 84.6 Å². The molecule has 1 atom stereocenters. The van der Waals surface area contributed by atoms with Crippen molar-refractivity contribution in [2.45, 2.75) is 13.0 Å². The van der Waals surface area contributed by atoms with Gasteiger partial charge in [0.25, 0.3) is 0 Å². The van der Waals surface area contributed by atoms with Crippen LogP contribution in [-0.4, -0.2) is 49.7 Å². The molecule has 1 heterocycles. The highest BCUT2D eigenvalue weighted by atomic mass is 16.5. The number of nitrogens with zero attached hydrogens (tertiary/aromatic N) is 1. The zero-order valence-corrected chi connectivity index (χ0v) is 8.45. The Kier molecular flexibility index (Phi) is 4.44. The molecule has 1 saturated heterocycles. The normalized spacial score (nSPS) is 22.7. The van der Waals surface area contributed by atoms with Crippen molar-refractivity contribution in [3.63, 3.8) is 0 Å². The van der Waals surface area contributed by atoms with Crippen molar-refractivity contribution < 1.29 is 9.53 Å². The van der Waals surface area contributed by atoms with Gasteiger partial charge in [0.05, 0.1) is 19.8 Å². The summed E-state index contributed by atoms with van der Waals surface area (Å²) in [6, 6.07) is -0.222. The van der Waals surface area contributed by atoms with Crippen LogP contribution in [0.2, 0.25) is 0 Å². The Balaban J connectivity index is 2.53. The first-order chi connectivity index (χ1) is 6.79. The van der Waals surface area contributed by atoms with Gasteiger partial charge in [0.1, 0.15) is 6.04 Å². The van der Waals surface area contributed by atoms with Crippen LogP contribution in [0.3, 0.4) is 0 Å². The predicted molar refractivity (Wildman–Crippen MR) is 53.7 cm³/mol. The van der Waals surface area contributed by atoms with Gasteiger partial charge in [-0.1, -0.05) is 5.92 Å². The fourth-order valence-electron chi connectivity index (χ4n) is 1.48. The second kappa shape index (κ2) is 5.63. The zero-order chi connectivity index (χ0) is 10.4. The van der Waals surface area contributed by atoms with Gasteiger partial charge < -0.3 is 10.1 Å². The number of morpholine rings is 1. The van der Waals surface area contributed by atoms with Crippen molar-refractivity contribution in [3.05, 3.63) is 0 Å². The molecular weight excluding hydrogens is 180 g/mol.